The van der Waals surface area contributed by atoms with Gasteiger partial charge >= 0.3 is 5.97 Å². The lowest BCUT2D eigenvalue weighted by molar-refractivity contribution is -0.119. The number of esters is 1. The van der Waals surface area contributed by atoms with Gasteiger partial charge in [0.25, 0.3) is 5.91 Å². The van der Waals surface area contributed by atoms with Crippen LogP contribution < -0.4 is 10.6 Å². The van der Waals surface area contributed by atoms with Crippen molar-refractivity contribution in [3.63, 3.8) is 0 Å². The maximum Gasteiger partial charge on any atom is 0.341 e. The Labute approximate surface area is 169 Å². The van der Waals surface area contributed by atoms with Crippen LogP contribution in [0.3, 0.4) is 0 Å². The number of hydrogen-bond acceptors (Lipinski definition) is 5. The lowest BCUT2D eigenvalue weighted by atomic mass is 10.1. The van der Waals surface area contributed by atoms with E-state index in [2.05, 4.69) is 33.2 Å². The zero-order valence-electron chi connectivity index (χ0n) is 14.9. The number of nitrogens with one attached hydrogen (secondary N) is 2. The summed E-state index contributed by atoms with van der Waals surface area (Å²) in [5, 5.41) is 5.79. The van der Waals surface area contributed by atoms with E-state index in [4.69, 9.17) is 4.74 Å². The molecule has 1 aromatic carbocycles. The van der Waals surface area contributed by atoms with E-state index in [-0.39, 0.29) is 5.91 Å². The molecule has 0 bridgehead atoms. The number of carbonyl (C=O) groups is 3. The maximum atomic E-state index is 12.4. The van der Waals surface area contributed by atoms with Gasteiger partial charge in [-0.2, -0.15) is 0 Å². The lowest BCUT2D eigenvalue weighted by Gasteiger charge is -2.10. The number of thiophene rings is 1. The van der Waals surface area contributed by atoms with E-state index in [0.29, 0.717) is 16.3 Å². The smallest absolute Gasteiger partial charge is 0.341 e. The summed E-state index contributed by atoms with van der Waals surface area (Å²) in [6.07, 6.45) is 0. The predicted molar refractivity (Wildman–Crippen MR) is 111 cm³/mol. The number of rotatable bonds is 5. The summed E-state index contributed by atoms with van der Waals surface area (Å²) < 4.78 is 6.21. The van der Waals surface area contributed by atoms with Gasteiger partial charge in [-0.05, 0) is 72.7 Å². The van der Waals surface area contributed by atoms with Gasteiger partial charge in [-0.3, -0.25) is 9.59 Å². The third-order valence-electron chi connectivity index (χ3n) is 3.68. The minimum Gasteiger partial charge on any atom is -0.452 e. The summed E-state index contributed by atoms with van der Waals surface area (Å²) >= 11 is 3.50. The molecule has 0 saturated carbocycles. The Morgan fingerprint density at radius 1 is 1.15 bits per heavy atom. The topological polar surface area (TPSA) is 84.5 Å². The number of hydrogen-bond donors (Lipinski definition) is 2. The standard InChI is InChI=1S/C18H19IN2O4S/c1-9-7-13(19)5-6-14(9)21-15(23)8-25-18(24)16-10(2)11(3)26-17(16)20-12(4)22/h5-7H,8H2,1-4H3,(H,20,22)(H,21,23). The van der Waals surface area contributed by atoms with E-state index in [1.807, 2.05) is 26.0 Å². The van der Waals surface area contributed by atoms with Crippen LogP contribution in [0.15, 0.2) is 18.2 Å². The van der Waals surface area contributed by atoms with Crippen LogP contribution in [-0.2, 0) is 14.3 Å². The van der Waals surface area contributed by atoms with Crippen LogP contribution in [0.2, 0.25) is 0 Å². The molecule has 0 unspecified atom stereocenters. The van der Waals surface area contributed by atoms with Crippen LogP contribution in [0.25, 0.3) is 0 Å². The third-order valence-corrected chi connectivity index (χ3v) is 5.47. The summed E-state index contributed by atoms with van der Waals surface area (Å²) in [6, 6.07) is 5.63. The molecule has 26 heavy (non-hydrogen) atoms. The van der Waals surface area contributed by atoms with Crippen LogP contribution in [0.1, 0.15) is 33.3 Å². The molecule has 0 spiro atoms. The molecule has 1 aromatic heterocycles. The molecule has 0 aliphatic heterocycles. The summed E-state index contributed by atoms with van der Waals surface area (Å²) in [5.41, 5.74) is 2.63. The van der Waals surface area contributed by atoms with E-state index in [9.17, 15) is 14.4 Å². The van der Waals surface area contributed by atoms with Gasteiger partial charge in [-0.1, -0.05) is 0 Å². The second-order valence-corrected chi connectivity index (χ2v) is 8.22. The Hall–Kier alpha value is -1.94. The van der Waals surface area contributed by atoms with Gasteiger partial charge in [0.1, 0.15) is 5.00 Å². The molecule has 0 aliphatic carbocycles. The average Bonchev–Trinajstić information content (AvgIpc) is 2.81. The molecule has 2 rings (SSSR count). The zero-order valence-corrected chi connectivity index (χ0v) is 17.8. The fraction of sp³-hybridized carbons (Fsp3) is 0.278. The molecule has 2 amide bonds. The summed E-state index contributed by atoms with van der Waals surface area (Å²) in [4.78, 5) is 36.7. The second-order valence-electron chi connectivity index (χ2n) is 5.75. The number of anilines is 2. The van der Waals surface area contributed by atoms with E-state index >= 15 is 0 Å². The van der Waals surface area contributed by atoms with Crippen molar-refractivity contribution in [2.24, 2.45) is 0 Å². The minimum atomic E-state index is -0.634. The van der Waals surface area contributed by atoms with Crippen molar-refractivity contribution in [1.82, 2.24) is 0 Å². The van der Waals surface area contributed by atoms with Crippen molar-refractivity contribution in [2.75, 3.05) is 17.2 Å². The van der Waals surface area contributed by atoms with Gasteiger partial charge in [0.15, 0.2) is 6.61 Å². The molecule has 0 saturated heterocycles. The van der Waals surface area contributed by atoms with E-state index in [1.54, 1.807) is 13.0 Å². The first kappa shape index (κ1) is 20.4. The highest BCUT2D eigenvalue weighted by Gasteiger charge is 2.22. The van der Waals surface area contributed by atoms with Crippen molar-refractivity contribution in [1.29, 1.82) is 0 Å². The van der Waals surface area contributed by atoms with E-state index in [0.717, 1.165) is 19.6 Å². The molecule has 138 valence electrons. The van der Waals surface area contributed by atoms with Crippen LogP contribution in [0.4, 0.5) is 10.7 Å². The van der Waals surface area contributed by atoms with Gasteiger partial charge in [-0.25, -0.2) is 4.79 Å². The number of halogens is 1. The molecular formula is C18H19IN2O4S. The molecule has 0 atom stereocenters. The number of benzene rings is 1. The Kier molecular flexibility index (Phi) is 6.76. The minimum absolute atomic E-state index is 0.271. The van der Waals surface area contributed by atoms with Gasteiger partial charge < -0.3 is 15.4 Å². The number of ether oxygens (including phenoxy) is 1. The Balaban J connectivity index is 2.04. The Morgan fingerprint density at radius 2 is 1.85 bits per heavy atom. The SMILES string of the molecule is CC(=O)Nc1sc(C)c(C)c1C(=O)OCC(=O)Nc1ccc(I)cc1C. The predicted octanol–water partition coefficient (Wildman–Crippen LogP) is 4.03. The van der Waals surface area contributed by atoms with Crippen LogP contribution in [-0.4, -0.2) is 24.4 Å². The monoisotopic (exact) mass is 486 g/mol. The quantitative estimate of drug-likeness (QED) is 0.494. The molecule has 0 fully saturated rings. The summed E-state index contributed by atoms with van der Waals surface area (Å²) in [5.74, 6) is -1.33. The maximum absolute atomic E-state index is 12.4. The molecule has 8 heteroatoms. The first-order valence-electron chi connectivity index (χ1n) is 7.79. The Bertz CT molecular complexity index is 876. The van der Waals surface area contributed by atoms with Crippen molar-refractivity contribution in [3.05, 3.63) is 43.3 Å². The van der Waals surface area contributed by atoms with Gasteiger partial charge in [-0.15, -0.1) is 11.3 Å². The average molecular weight is 486 g/mol. The van der Waals surface area contributed by atoms with Crippen LogP contribution in [0.5, 0.6) is 0 Å². The molecular weight excluding hydrogens is 467 g/mol. The number of amides is 2. The molecule has 0 radical (unpaired) electrons. The third kappa shape index (κ3) is 5.04. The first-order chi connectivity index (χ1) is 12.2. The molecule has 2 aromatic rings. The van der Waals surface area contributed by atoms with E-state index < -0.39 is 18.5 Å². The Morgan fingerprint density at radius 3 is 2.46 bits per heavy atom. The highest BCUT2D eigenvalue weighted by Crippen LogP contribution is 2.33. The normalized spacial score (nSPS) is 10.3. The lowest BCUT2D eigenvalue weighted by Crippen LogP contribution is -2.22. The highest BCUT2D eigenvalue weighted by atomic mass is 127. The zero-order chi connectivity index (χ0) is 19.4. The van der Waals surface area contributed by atoms with Gasteiger partial charge in [0.2, 0.25) is 5.91 Å². The molecule has 2 N–H and O–H groups in total. The molecule has 0 aliphatic rings. The van der Waals surface area contributed by atoms with Crippen molar-refractivity contribution in [3.8, 4) is 0 Å². The fourth-order valence-corrected chi connectivity index (χ4v) is 4.02. The van der Waals surface area contributed by atoms with Crippen LogP contribution in [0, 0.1) is 24.3 Å². The number of aryl methyl sites for hydroxylation is 2. The van der Waals surface area contributed by atoms with Gasteiger partial charge in [0.05, 0.1) is 5.56 Å². The highest BCUT2D eigenvalue weighted by molar-refractivity contribution is 14.1. The number of carbonyl (C=O) groups excluding carboxylic acids is 3. The fourth-order valence-electron chi connectivity index (χ4n) is 2.28. The summed E-state index contributed by atoms with van der Waals surface area (Å²) in [6.45, 7) is 6.49. The van der Waals surface area contributed by atoms with Gasteiger partial charge in [0, 0.05) is 21.1 Å². The van der Waals surface area contributed by atoms with Crippen molar-refractivity contribution >= 4 is 62.4 Å². The largest absolute Gasteiger partial charge is 0.452 e. The van der Waals surface area contributed by atoms with Crippen LogP contribution >= 0.6 is 33.9 Å². The molecule has 1 heterocycles. The molecule has 6 nitrogen and oxygen atoms in total. The second kappa shape index (κ2) is 8.63. The van der Waals surface area contributed by atoms with Crippen molar-refractivity contribution in [2.45, 2.75) is 27.7 Å². The van der Waals surface area contributed by atoms with Crippen molar-refractivity contribution < 1.29 is 19.1 Å². The first-order valence-corrected chi connectivity index (χ1v) is 9.69. The summed E-state index contributed by atoms with van der Waals surface area (Å²) in [7, 11) is 0. The van der Waals surface area contributed by atoms with E-state index in [1.165, 1.54) is 18.3 Å².